The molecule has 5 heteroatoms. The topological polar surface area (TPSA) is 61.5 Å². The van der Waals surface area contributed by atoms with E-state index in [-0.39, 0.29) is 0 Å². The van der Waals surface area contributed by atoms with Gasteiger partial charge in [-0.05, 0) is 24.6 Å². The van der Waals surface area contributed by atoms with Gasteiger partial charge < -0.3 is 15.0 Å². The summed E-state index contributed by atoms with van der Waals surface area (Å²) in [6, 6.07) is 5.44. The SMILES string of the molecule is CCOP(=O)(CC)Cc1ccc(N)c(OC)c1. The molecule has 0 radical (unpaired) electrons. The molecule has 0 aromatic heterocycles. The van der Waals surface area contributed by atoms with Crippen LogP contribution in [0.5, 0.6) is 5.75 Å². The zero-order chi connectivity index (χ0) is 12.9. The van der Waals surface area contributed by atoms with Crippen LogP contribution in [0.3, 0.4) is 0 Å². The maximum absolute atomic E-state index is 12.3. The van der Waals surface area contributed by atoms with Gasteiger partial charge in [-0.15, -0.1) is 0 Å². The van der Waals surface area contributed by atoms with E-state index in [1.165, 1.54) is 0 Å². The van der Waals surface area contributed by atoms with Crippen LogP contribution >= 0.6 is 7.37 Å². The second-order valence-electron chi connectivity index (χ2n) is 3.78. The van der Waals surface area contributed by atoms with E-state index >= 15 is 0 Å². The number of anilines is 1. The maximum atomic E-state index is 12.3. The Balaban J connectivity index is 2.90. The molecular weight excluding hydrogens is 237 g/mol. The lowest BCUT2D eigenvalue weighted by Gasteiger charge is -2.16. The molecule has 0 bridgehead atoms. The van der Waals surface area contributed by atoms with Crippen LogP contribution in [0.1, 0.15) is 19.4 Å². The van der Waals surface area contributed by atoms with Gasteiger partial charge in [-0.3, -0.25) is 4.57 Å². The molecule has 1 aromatic rings. The van der Waals surface area contributed by atoms with Crippen LogP contribution in [0.4, 0.5) is 5.69 Å². The van der Waals surface area contributed by atoms with E-state index < -0.39 is 7.37 Å². The molecule has 1 atom stereocenters. The van der Waals surface area contributed by atoms with Crippen LogP contribution in [0.2, 0.25) is 0 Å². The second kappa shape index (κ2) is 6.08. The van der Waals surface area contributed by atoms with Crippen molar-refractivity contribution in [1.29, 1.82) is 0 Å². The average molecular weight is 257 g/mol. The number of rotatable bonds is 6. The Morgan fingerprint density at radius 1 is 1.35 bits per heavy atom. The van der Waals surface area contributed by atoms with E-state index in [1.807, 2.05) is 26.0 Å². The third kappa shape index (κ3) is 3.76. The van der Waals surface area contributed by atoms with Crippen LogP contribution in [-0.2, 0) is 15.3 Å². The number of hydrogen-bond acceptors (Lipinski definition) is 4. The first-order valence-electron chi connectivity index (χ1n) is 5.69. The molecule has 96 valence electrons. The van der Waals surface area contributed by atoms with Gasteiger partial charge in [0.2, 0.25) is 7.37 Å². The molecule has 0 saturated heterocycles. The van der Waals surface area contributed by atoms with Gasteiger partial charge in [-0.2, -0.15) is 0 Å². The fourth-order valence-corrected chi connectivity index (χ4v) is 3.34. The van der Waals surface area contributed by atoms with Crippen LogP contribution < -0.4 is 10.5 Å². The summed E-state index contributed by atoms with van der Waals surface area (Å²) in [5.74, 6) is 0.613. The summed E-state index contributed by atoms with van der Waals surface area (Å²) in [5.41, 5.74) is 7.24. The van der Waals surface area contributed by atoms with Crippen LogP contribution in [-0.4, -0.2) is 19.9 Å². The Kier molecular flexibility index (Phi) is 5.03. The van der Waals surface area contributed by atoms with E-state index in [0.29, 0.717) is 30.4 Å². The zero-order valence-corrected chi connectivity index (χ0v) is 11.5. The smallest absolute Gasteiger partial charge is 0.207 e. The van der Waals surface area contributed by atoms with Crippen LogP contribution in [0.15, 0.2) is 18.2 Å². The lowest BCUT2D eigenvalue weighted by atomic mass is 10.2. The molecule has 1 rings (SSSR count). The molecule has 0 aliphatic carbocycles. The maximum Gasteiger partial charge on any atom is 0.207 e. The predicted molar refractivity (Wildman–Crippen MR) is 70.9 cm³/mol. The normalized spacial score (nSPS) is 14.3. The summed E-state index contributed by atoms with van der Waals surface area (Å²) in [4.78, 5) is 0. The van der Waals surface area contributed by atoms with Crippen molar-refractivity contribution in [2.45, 2.75) is 20.0 Å². The van der Waals surface area contributed by atoms with Gasteiger partial charge in [0, 0.05) is 12.3 Å². The quantitative estimate of drug-likeness (QED) is 0.628. The predicted octanol–water partition coefficient (Wildman–Crippen LogP) is 3.11. The molecule has 0 aliphatic heterocycles. The van der Waals surface area contributed by atoms with Gasteiger partial charge in [0.05, 0.1) is 19.4 Å². The minimum absolute atomic E-state index is 0.425. The third-order valence-corrected chi connectivity index (χ3v) is 5.11. The highest BCUT2D eigenvalue weighted by Crippen LogP contribution is 2.50. The van der Waals surface area contributed by atoms with E-state index in [4.69, 9.17) is 15.0 Å². The zero-order valence-electron chi connectivity index (χ0n) is 10.6. The Labute approximate surface area is 103 Å². The number of benzene rings is 1. The first-order chi connectivity index (χ1) is 8.04. The molecule has 0 spiro atoms. The largest absolute Gasteiger partial charge is 0.495 e. The van der Waals surface area contributed by atoms with Crippen molar-refractivity contribution >= 4 is 13.1 Å². The van der Waals surface area contributed by atoms with Gasteiger partial charge in [-0.1, -0.05) is 13.0 Å². The van der Waals surface area contributed by atoms with Gasteiger partial charge in [0.15, 0.2) is 0 Å². The standard InChI is InChI=1S/C12H20NO3P/c1-4-16-17(14,5-2)9-10-6-7-11(13)12(8-10)15-3/h6-8H,4-5,9,13H2,1-3H3. The highest BCUT2D eigenvalue weighted by molar-refractivity contribution is 7.58. The molecule has 0 amide bonds. The molecular formula is C12H20NO3P. The number of hydrogen-bond donors (Lipinski definition) is 1. The Morgan fingerprint density at radius 2 is 2.06 bits per heavy atom. The molecule has 1 aromatic carbocycles. The summed E-state index contributed by atoms with van der Waals surface area (Å²) in [6.07, 6.45) is 0.960. The van der Waals surface area contributed by atoms with Crippen molar-refractivity contribution in [3.63, 3.8) is 0 Å². The number of ether oxygens (including phenoxy) is 1. The van der Waals surface area contributed by atoms with E-state index in [9.17, 15) is 4.57 Å². The highest BCUT2D eigenvalue weighted by atomic mass is 31.2. The lowest BCUT2D eigenvalue weighted by Crippen LogP contribution is -1.98. The molecule has 1 unspecified atom stereocenters. The monoisotopic (exact) mass is 257 g/mol. The van der Waals surface area contributed by atoms with Crippen molar-refractivity contribution in [2.75, 3.05) is 25.6 Å². The Bertz CT molecular complexity index is 420. The molecule has 17 heavy (non-hydrogen) atoms. The summed E-state index contributed by atoms with van der Waals surface area (Å²) in [6.45, 7) is 4.20. The minimum atomic E-state index is -2.56. The van der Waals surface area contributed by atoms with Crippen molar-refractivity contribution < 1.29 is 13.8 Å². The van der Waals surface area contributed by atoms with Gasteiger partial charge in [0.25, 0.3) is 0 Å². The number of nitrogens with two attached hydrogens (primary N) is 1. The van der Waals surface area contributed by atoms with E-state index in [1.54, 1.807) is 13.2 Å². The minimum Gasteiger partial charge on any atom is -0.495 e. The fourth-order valence-electron chi connectivity index (χ4n) is 1.62. The number of methoxy groups -OCH3 is 1. The van der Waals surface area contributed by atoms with E-state index in [2.05, 4.69) is 0 Å². The number of nitrogen functional groups attached to an aromatic ring is 1. The molecule has 4 nitrogen and oxygen atoms in total. The highest BCUT2D eigenvalue weighted by Gasteiger charge is 2.20. The van der Waals surface area contributed by atoms with Crippen molar-refractivity contribution in [1.82, 2.24) is 0 Å². The van der Waals surface area contributed by atoms with Gasteiger partial charge in [0.1, 0.15) is 5.75 Å². The molecule has 0 heterocycles. The summed E-state index contributed by atoms with van der Waals surface area (Å²) < 4.78 is 22.8. The summed E-state index contributed by atoms with van der Waals surface area (Å²) in [5, 5.41) is 0. The summed E-state index contributed by atoms with van der Waals surface area (Å²) >= 11 is 0. The summed E-state index contributed by atoms with van der Waals surface area (Å²) in [7, 11) is -0.997. The first kappa shape index (κ1) is 14.1. The molecule has 2 N–H and O–H groups in total. The second-order valence-corrected chi connectivity index (χ2v) is 6.62. The van der Waals surface area contributed by atoms with E-state index in [0.717, 1.165) is 5.56 Å². The third-order valence-electron chi connectivity index (χ3n) is 2.57. The van der Waals surface area contributed by atoms with Crippen molar-refractivity contribution in [3.8, 4) is 5.75 Å². The fraction of sp³-hybridized carbons (Fsp3) is 0.500. The molecule has 0 saturated carbocycles. The first-order valence-corrected chi connectivity index (χ1v) is 7.69. The van der Waals surface area contributed by atoms with Crippen molar-refractivity contribution in [2.24, 2.45) is 0 Å². The van der Waals surface area contributed by atoms with Crippen molar-refractivity contribution in [3.05, 3.63) is 23.8 Å². The van der Waals surface area contributed by atoms with Crippen LogP contribution in [0, 0.1) is 0 Å². The van der Waals surface area contributed by atoms with Crippen LogP contribution in [0.25, 0.3) is 0 Å². The Morgan fingerprint density at radius 3 is 2.59 bits per heavy atom. The van der Waals surface area contributed by atoms with Gasteiger partial charge >= 0.3 is 0 Å². The Hall–Kier alpha value is -0.990. The lowest BCUT2D eigenvalue weighted by molar-refractivity contribution is 0.333. The average Bonchev–Trinajstić information content (AvgIpc) is 2.32. The molecule has 0 aliphatic rings. The molecule has 0 fully saturated rings. The van der Waals surface area contributed by atoms with Gasteiger partial charge in [-0.25, -0.2) is 0 Å².